The molecule has 0 aromatic carbocycles. The first-order valence-corrected chi connectivity index (χ1v) is 29.3. The molecule has 1 rings (SSSR count). The number of carboxylic acids is 1. The maximum absolute atomic E-state index is 13.1. The van der Waals surface area contributed by atoms with E-state index in [1.165, 1.54) is 64.2 Å². The first kappa shape index (κ1) is 67.4. The summed E-state index contributed by atoms with van der Waals surface area (Å²) in [6.07, 6.45) is 47.7. The van der Waals surface area contributed by atoms with Gasteiger partial charge in [-0.25, -0.2) is 4.79 Å². The Morgan fingerprint density at radius 2 is 0.863 bits per heavy atom. The average Bonchev–Trinajstić information content (AvgIpc) is 3.37. The SMILES string of the molecule is CC/C=C\C/C=C\C/C=C\C/C=C\CCCCCCCCC(=O)OCC(COC1OC(C(=O)O)C(O)C(O)C1OC(=O)CCCCCCCCCCCCC)OC(=O)CCCCCCC/C=C\CCCCCC. The van der Waals surface area contributed by atoms with E-state index in [1.54, 1.807) is 0 Å². The van der Waals surface area contributed by atoms with Gasteiger partial charge in [0.1, 0.15) is 18.8 Å². The molecule has 0 aromatic rings. The molecular weight excluding hydrogens is 925 g/mol. The van der Waals surface area contributed by atoms with E-state index in [-0.39, 0.29) is 25.9 Å². The number of ether oxygens (including phenoxy) is 5. The smallest absolute Gasteiger partial charge is 0.335 e. The van der Waals surface area contributed by atoms with Crippen molar-refractivity contribution in [3.63, 3.8) is 0 Å². The molecule has 1 saturated heterocycles. The van der Waals surface area contributed by atoms with Crippen LogP contribution in [0.2, 0.25) is 0 Å². The molecule has 3 N–H and O–H groups in total. The summed E-state index contributed by atoms with van der Waals surface area (Å²) in [5.41, 5.74) is 0. The van der Waals surface area contributed by atoms with Gasteiger partial charge >= 0.3 is 23.9 Å². The molecule has 0 aliphatic carbocycles. The zero-order chi connectivity index (χ0) is 53.3. The summed E-state index contributed by atoms with van der Waals surface area (Å²) < 4.78 is 28.4. The Morgan fingerprint density at radius 3 is 1.34 bits per heavy atom. The molecule has 1 fully saturated rings. The molecule has 12 heteroatoms. The molecule has 0 aromatic heterocycles. The standard InChI is InChI=1S/C61H104O12/c1-4-7-10-13-16-19-22-24-25-26-27-28-29-31-33-35-38-41-44-47-53(62)69-50-52(71-54(63)48-45-42-39-37-34-30-23-20-17-14-11-8-5-2)51-70-61-59(57(66)56(65)58(73-61)60(67)68)72-55(64)49-46-43-40-36-32-21-18-15-12-9-6-3/h7,10,16,19-20,23-25,27-28,52,56-59,61,65-66H,4-6,8-9,11-15,17-18,21-22,26,29-51H2,1-3H3,(H,67,68)/b10-7-,19-16-,23-20-,25-24-,28-27-. The van der Waals surface area contributed by atoms with Crippen molar-refractivity contribution in [2.24, 2.45) is 0 Å². The van der Waals surface area contributed by atoms with Gasteiger partial charge in [0.15, 0.2) is 24.6 Å². The maximum atomic E-state index is 13.1. The summed E-state index contributed by atoms with van der Waals surface area (Å²) in [6, 6.07) is 0. The summed E-state index contributed by atoms with van der Waals surface area (Å²) in [5.74, 6) is -3.14. The number of rotatable bonds is 49. The fourth-order valence-corrected chi connectivity index (χ4v) is 8.59. The van der Waals surface area contributed by atoms with E-state index in [2.05, 4.69) is 81.5 Å². The molecule has 6 atom stereocenters. The lowest BCUT2D eigenvalue weighted by molar-refractivity contribution is -0.301. The molecule has 420 valence electrons. The highest BCUT2D eigenvalue weighted by Crippen LogP contribution is 2.26. The van der Waals surface area contributed by atoms with Gasteiger partial charge in [-0.15, -0.1) is 0 Å². The van der Waals surface area contributed by atoms with Gasteiger partial charge in [-0.2, -0.15) is 0 Å². The van der Waals surface area contributed by atoms with E-state index in [1.807, 2.05) is 0 Å². The van der Waals surface area contributed by atoms with Crippen LogP contribution in [-0.2, 0) is 42.9 Å². The third kappa shape index (κ3) is 39.5. The first-order chi connectivity index (χ1) is 35.6. The van der Waals surface area contributed by atoms with Gasteiger partial charge < -0.3 is 39.0 Å². The van der Waals surface area contributed by atoms with Crippen LogP contribution in [0.1, 0.15) is 252 Å². The molecule has 1 heterocycles. The number of carbonyl (C=O) groups excluding carboxylic acids is 3. The van der Waals surface area contributed by atoms with E-state index in [4.69, 9.17) is 23.7 Å². The van der Waals surface area contributed by atoms with Crippen LogP contribution < -0.4 is 0 Å². The second-order valence-electron chi connectivity index (χ2n) is 19.9. The summed E-state index contributed by atoms with van der Waals surface area (Å²) in [4.78, 5) is 51.0. The monoisotopic (exact) mass is 1030 g/mol. The zero-order valence-corrected chi connectivity index (χ0v) is 46.1. The highest BCUT2D eigenvalue weighted by Gasteiger charge is 2.50. The van der Waals surface area contributed by atoms with Gasteiger partial charge in [0.2, 0.25) is 0 Å². The fourth-order valence-electron chi connectivity index (χ4n) is 8.59. The number of aliphatic hydroxyl groups is 2. The predicted molar refractivity (Wildman–Crippen MR) is 294 cm³/mol. The van der Waals surface area contributed by atoms with Crippen LogP contribution in [0, 0.1) is 0 Å². The number of unbranched alkanes of at least 4 members (excludes halogenated alkanes) is 25. The lowest BCUT2D eigenvalue weighted by Crippen LogP contribution is -2.61. The molecule has 0 radical (unpaired) electrons. The van der Waals surface area contributed by atoms with Crippen molar-refractivity contribution < 1.29 is 58.2 Å². The molecule has 12 nitrogen and oxygen atoms in total. The largest absolute Gasteiger partial charge is 0.479 e. The van der Waals surface area contributed by atoms with E-state index < -0.39 is 67.3 Å². The van der Waals surface area contributed by atoms with Crippen molar-refractivity contribution in [2.75, 3.05) is 13.2 Å². The Labute approximate surface area is 443 Å². The summed E-state index contributed by atoms with van der Waals surface area (Å²) in [5, 5.41) is 31.4. The van der Waals surface area contributed by atoms with Gasteiger partial charge in [-0.3, -0.25) is 14.4 Å². The molecule has 0 bridgehead atoms. The highest BCUT2D eigenvalue weighted by molar-refractivity contribution is 5.74. The minimum absolute atomic E-state index is 0.0600. The highest BCUT2D eigenvalue weighted by atomic mass is 16.7. The number of carbonyl (C=O) groups is 4. The van der Waals surface area contributed by atoms with Gasteiger partial charge in [0.05, 0.1) is 6.61 Å². The minimum Gasteiger partial charge on any atom is -0.479 e. The quantitative estimate of drug-likeness (QED) is 0.0228. The fraction of sp³-hybridized carbons (Fsp3) is 0.770. The summed E-state index contributed by atoms with van der Waals surface area (Å²) >= 11 is 0. The molecule has 0 amide bonds. The number of hydrogen-bond donors (Lipinski definition) is 3. The van der Waals surface area contributed by atoms with E-state index in [9.17, 15) is 34.5 Å². The summed E-state index contributed by atoms with van der Waals surface area (Å²) in [7, 11) is 0. The molecule has 0 saturated carbocycles. The number of carboxylic acid groups (broad SMARTS) is 1. The summed E-state index contributed by atoms with van der Waals surface area (Å²) in [6.45, 7) is 5.83. The first-order valence-electron chi connectivity index (χ1n) is 29.3. The average molecular weight is 1030 g/mol. The Balaban J connectivity index is 2.68. The normalized spacial score (nSPS) is 18.7. The van der Waals surface area contributed by atoms with E-state index in [0.29, 0.717) is 19.3 Å². The van der Waals surface area contributed by atoms with Crippen molar-refractivity contribution >= 4 is 23.9 Å². The number of hydrogen-bond acceptors (Lipinski definition) is 11. The Bertz CT molecular complexity index is 1500. The van der Waals surface area contributed by atoms with Crippen LogP contribution in [-0.4, -0.2) is 89.2 Å². The van der Waals surface area contributed by atoms with Crippen LogP contribution >= 0.6 is 0 Å². The van der Waals surface area contributed by atoms with Crippen LogP contribution in [0.25, 0.3) is 0 Å². The second kappa shape index (κ2) is 49.3. The van der Waals surface area contributed by atoms with Crippen molar-refractivity contribution in [2.45, 2.75) is 289 Å². The van der Waals surface area contributed by atoms with Crippen LogP contribution in [0.15, 0.2) is 60.8 Å². The molecule has 1 aliphatic rings. The van der Waals surface area contributed by atoms with Crippen molar-refractivity contribution in [3.05, 3.63) is 60.8 Å². The lowest BCUT2D eigenvalue weighted by Gasteiger charge is -2.40. The molecule has 73 heavy (non-hydrogen) atoms. The number of aliphatic carboxylic acids is 1. The number of esters is 3. The van der Waals surface area contributed by atoms with Crippen LogP contribution in [0.3, 0.4) is 0 Å². The Hall–Kier alpha value is -3.58. The Kier molecular flexibility index (Phi) is 45.5. The molecule has 1 aliphatic heterocycles. The van der Waals surface area contributed by atoms with Crippen LogP contribution in [0.4, 0.5) is 0 Å². The third-order valence-electron chi connectivity index (χ3n) is 13.1. The molecule has 0 spiro atoms. The molecule has 6 unspecified atom stereocenters. The van der Waals surface area contributed by atoms with Crippen molar-refractivity contribution in [1.29, 1.82) is 0 Å². The molecular formula is C61H104O12. The van der Waals surface area contributed by atoms with E-state index in [0.717, 1.165) is 128 Å². The lowest BCUT2D eigenvalue weighted by atomic mass is 9.98. The second-order valence-corrected chi connectivity index (χ2v) is 19.9. The number of allylic oxidation sites excluding steroid dienone is 10. The van der Waals surface area contributed by atoms with Gasteiger partial charge in [-0.1, -0.05) is 210 Å². The van der Waals surface area contributed by atoms with Gasteiger partial charge in [-0.05, 0) is 83.5 Å². The topological polar surface area (TPSA) is 175 Å². The van der Waals surface area contributed by atoms with Gasteiger partial charge in [0, 0.05) is 19.3 Å². The predicted octanol–water partition coefficient (Wildman–Crippen LogP) is 14.8. The number of aliphatic hydroxyl groups excluding tert-OH is 2. The van der Waals surface area contributed by atoms with Crippen molar-refractivity contribution in [3.8, 4) is 0 Å². The minimum atomic E-state index is -1.90. The van der Waals surface area contributed by atoms with Crippen molar-refractivity contribution in [1.82, 2.24) is 0 Å². The van der Waals surface area contributed by atoms with Crippen LogP contribution in [0.5, 0.6) is 0 Å². The maximum Gasteiger partial charge on any atom is 0.335 e. The zero-order valence-electron chi connectivity index (χ0n) is 46.1. The Morgan fingerprint density at radius 1 is 0.466 bits per heavy atom. The van der Waals surface area contributed by atoms with Gasteiger partial charge in [0.25, 0.3) is 0 Å². The van der Waals surface area contributed by atoms with E-state index >= 15 is 0 Å². The third-order valence-corrected chi connectivity index (χ3v) is 13.1.